The van der Waals surface area contributed by atoms with Gasteiger partial charge in [0, 0.05) is 21.3 Å². The van der Waals surface area contributed by atoms with Crippen LogP contribution in [0.5, 0.6) is 5.75 Å². The Morgan fingerprint density at radius 2 is 1.84 bits per heavy atom. The van der Waals surface area contributed by atoms with Crippen LogP contribution in [-0.2, 0) is 0 Å². The maximum absolute atomic E-state index is 6.01. The standard InChI is InChI=1S/C18H21Cl2N3OS/c1-23(2)17(12-5-4-6-16(7-12)24-3)11-21-18(25)22-15-9-13(19)8-14(20)10-15/h4-10,17H,11H2,1-3H3,(H2,21,22,25)/p+1/t17-/m0/s1. The lowest BCUT2D eigenvalue weighted by atomic mass is 10.1. The lowest BCUT2D eigenvalue weighted by molar-refractivity contribution is -0.890. The molecule has 25 heavy (non-hydrogen) atoms. The van der Waals surface area contributed by atoms with Crippen LogP contribution in [0.25, 0.3) is 0 Å². The molecule has 0 aromatic heterocycles. The quantitative estimate of drug-likeness (QED) is 0.653. The second-order valence-electron chi connectivity index (χ2n) is 5.90. The summed E-state index contributed by atoms with van der Waals surface area (Å²) in [5, 5.41) is 8.01. The maximum Gasteiger partial charge on any atom is 0.171 e. The van der Waals surface area contributed by atoms with Crippen molar-refractivity contribution in [3.63, 3.8) is 0 Å². The van der Waals surface area contributed by atoms with Crippen molar-refractivity contribution in [1.82, 2.24) is 5.32 Å². The van der Waals surface area contributed by atoms with Crippen LogP contribution in [0.1, 0.15) is 11.6 Å². The van der Waals surface area contributed by atoms with Gasteiger partial charge in [-0.2, -0.15) is 0 Å². The van der Waals surface area contributed by atoms with Crippen LogP contribution in [0.4, 0.5) is 5.69 Å². The number of hydrogen-bond acceptors (Lipinski definition) is 2. The third-order valence-corrected chi connectivity index (χ3v) is 4.46. The molecule has 7 heteroatoms. The lowest BCUT2D eigenvalue weighted by Crippen LogP contribution is -3.07. The van der Waals surface area contributed by atoms with E-state index in [0.717, 1.165) is 11.4 Å². The summed E-state index contributed by atoms with van der Waals surface area (Å²) in [6, 6.07) is 13.5. The summed E-state index contributed by atoms with van der Waals surface area (Å²) in [7, 11) is 5.89. The van der Waals surface area contributed by atoms with Gasteiger partial charge >= 0.3 is 0 Å². The van der Waals surface area contributed by atoms with E-state index in [2.05, 4.69) is 30.8 Å². The second kappa shape index (κ2) is 9.25. The molecule has 1 atom stereocenters. The van der Waals surface area contributed by atoms with E-state index in [1.165, 1.54) is 10.5 Å². The Morgan fingerprint density at radius 3 is 2.44 bits per heavy atom. The molecule has 134 valence electrons. The summed E-state index contributed by atoms with van der Waals surface area (Å²) in [6.07, 6.45) is 0. The molecule has 0 spiro atoms. The highest BCUT2D eigenvalue weighted by Gasteiger charge is 2.18. The number of ether oxygens (including phenoxy) is 1. The van der Waals surface area contributed by atoms with Gasteiger partial charge in [-0.15, -0.1) is 0 Å². The zero-order valence-corrected chi connectivity index (χ0v) is 16.7. The molecule has 0 aliphatic carbocycles. The Morgan fingerprint density at radius 1 is 1.16 bits per heavy atom. The summed E-state index contributed by atoms with van der Waals surface area (Å²) in [4.78, 5) is 1.29. The van der Waals surface area contributed by atoms with Crippen molar-refractivity contribution >= 4 is 46.2 Å². The fraction of sp³-hybridized carbons (Fsp3) is 0.278. The molecule has 3 N–H and O–H groups in total. The van der Waals surface area contributed by atoms with Crippen LogP contribution in [-0.4, -0.2) is 32.9 Å². The van der Waals surface area contributed by atoms with Crippen molar-refractivity contribution in [3.8, 4) is 5.75 Å². The van der Waals surface area contributed by atoms with Gasteiger partial charge in [-0.05, 0) is 42.5 Å². The normalized spacial score (nSPS) is 11.9. The summed E-state index contributed by atoms with van der Waals surface area (Å²) in [5.74, 6) is 0.845. The molecule has 0 saturated heterocycles. The average Bonchev–Trinajstić information content (AvgIpc) is 2.54. The molecule has 0 aliphatic rings. The number of quaternary nitrogens is 1. The van der Waals surface area contributed by atoms with Gasteiger partial charge in [0.2, 0.25) is 0 Å². The molecule has 0 radical (unpaired) electrons. The monoisotopic (exact) mass is 398 g/mol. The van der Waals surface area contributed by atoms with Crippen LogP contribution in [0.2, 0.25) is 10.0 Å². The first kappa shape index (κ1) is 19.8. The van der Waals surface area contributed by atoms with Gasteiger partial charge in [-0.25, -0.2) is 0 Å². The number of hydrogen-bond donors (Lipinski definition) is 3. The van der Waals surface area contributed by atoms with E-state index in [0.29, 0.717) is 21.7 Å². The van der Waals surface area contributed by atoms with Gasteiger partial charge in [-0.1, -0.05) is 35.3 Å². The smallest absolute Gasteiger partial charge is 0.171 e. The SMILES string of the molecule is COc1cccc([C@H](CNC(=S)Nc2cc(Cl)cc(Cl)c2)[NH+](C)C)c1. The van der Waals surface area contributed by atoms with Crippen LogP contribution in [0, 0.1) is 0 Å². The topological polar surface area (TPSA) is 37.7 Å². The van der Waals surface area contributed by atoms with Gasteiger partial charge in [0.1, 0.15) is 11.8 Å². The van der Waals surface area contributed by atoms with Crippen molar-refractivity contribution in [3.05, 3.63) is 58.1 Å². The largest absolute Gasteiger partial charge is 0.497 e. The maximum atomic E-state index is 6.01. The summed E-state index contributed by atoms with van der Waals surface area (Å²) in [5.41, 5.74) is 1.94. The molecule has 0 aliphatic heterocycles. The van der Waals surface area contributed by atoms with Crippen molar-refractivity contribution in [2.75, 3.05) is 33.1 Å². The zero-order chi connectivity index (χ0) is 18.4. The van der Waals surface area contributed by atoms with Crippen molar-refractivity contribution < 1.29 is 9.64 Å². The highest BCUT2D eigenvalue weighted by Crippen LogP contribution is 2.22. The van der Waals surface area contributed by atoms with Gasteiger partial charge in [0.05, 0.1) is 27.7 Å². The lowest BCUT2D eigenvalue weighted by Gasteiger charge is -2.23. The second-order valence-corrected chi connectivity index (χ2v) is 7.18. The van der Waals surface area contributed by atoms with Crippen molar-refractivity contribution in [2.24, 2.45) is 0 Å². The first-order valence-corrected chi connectivity index (χ1v) is 9.00. The summed E-state index contributed by atoms with van der Waals surface area (Å²) < 4.78 is 5.32. The Balaban J connectivity index is 2.01. The molecule has 0 amide bonds. The molecular weight excluding hydrogens is 377 g/mol. The van der Waals surface area contributed by atoms with Crippen LogP contribution in [0.3, 0.4) is 0 Å². The minimum Gasteiger partial charge on any atom is -0.497 e. The summed E-state index contributed by atoms with van der Waals surface area (Å²) in [6.45, 7) is 0.676. The number of likely N-dealkylation sites (N-methyl/N-ethyl adjacent to an activating group) is 1. The molecule has 2 aromatic carbocycles. The molecule has 0 heterocycles. The first-order valence-electron chi connectivity index (χ1n) is 7.84. The predicted octanol–water partition coefficient (Wildman–Crippen LogP) is 3.17. The number of thiocarbonyl (C=S) groups is 1. The minimum atomic E-state index is 0.220. The number of methoxy groups -OCH3 is 1. The number of nitrogens with one attached hydrogen (secondary N) is 3. The highest BCUT2D eigenvalue weighted by atomic mass is 35.5. The fourth-order valence-corrected chi connectivity index (χ4v) is 3.24. The van der Waals surface area contributed by atoms with Gasteiger partial charge < -0.3 is 20.3 Å². The van der Waals surface area contributed by atoms with Crippen LogP contribution < -0.4 is 20.3 Å². The minimum absolute atomic E-state index is 0.220. The Kier molecular flexibility index (Phi) is 7.32. The summed E-state index contributed by atoms with van der Waals surface area (Å²) >= 11 is 17.4. The number of anilines is 1. The van der Waals surface area contributed by atoms with E-state index in [1.807, 2.05) is 18.2 Å². The van der Waals surface area contributed by atoms with E-state index in [-0.39, 0.29) is 6.04 Å². The Hall–Kier alpha value is -1.53. The fourth-order valence-electron chi connectivity index (χ4n) is 2.51. The Labute approximate surface area is 164 Å². The van der Waals surface area contributed by atoms with Gasteiger partial charge in [-0.3, -0.25) is 0 Å². The van der Waals surface area contributed by atoms with E-state index in [4.69, 9.17) is 40.2 Å². The molecule has 2 rings (SSSR count). The molecule has 0 fully saturated rings. The predicted molar refractivity (Wildman–Crippen MR) is 109 cm³/mol. The van der Waals surface area contributed by atoms with Gasteiger partial charge in [0.25, 0.3) is 0 Å². The van der Waals surface area contributed by atoms with E-state index in [9.17, 15) is 0 Å². The number of halogens is 2. The third-order valence-electron chi connectivity index (χ3n) is 3.78. The molecule has 0 saturated carbocycles. The Bertz CT molecular complexity index is 720. The first-order chi connectivity index (χ1) is 11.9. The van der Waals surface area contributed by atoms with Crippen molar-refractivity contribution in [1.29, 1.82) is 0 Å². The molecule has 2 aromatic rings. The van der Waals surface area contributed by atoms with E-state index < -0.39 is 0 Å². The molecular formula is C18H22Cl2N3OS+. The van der Waals surface area contributed by atoms with Gasteiger partial charge in [0.15, 0.2) is 5.11 Å². The zero-order valence-electron chi connectivity index (χ0n) is 14.4. The average molecular weight is 399 g/mol. The van der Waals surface area contributed by atoms with Crippen LogP contribution >= 0.6 is 35.4 Å². The van der Waals surface area contributed by atoms with Crippen molar-refractivity contribution in [2.45, 2.75) is 6.04 Å². The number of rotatable bonds is 6. The molecule has 4 nitrogen and oxygen atoms in total. The molecule has 0 unspecified atom stereocenters. The van der Waals surface area contributed by atoms with Crippen LogP contribution in [0.15, 0.2) is 42.5 Å². The highest BCUT2D eigenvalue weighted by molar-refractivity contribution is 7.80. The third kappa shape index (κ3) is 6.04. The number of benzene rings is 2. The molecule has 0 bridgehead atoms. The van der Waals surface area contributed by atoms with E-state index in [1.54, 1.807) is 25.3 Å². The van der Waals surface area contributed by atoms with E-state index >= 15 is 0 Å².